The molecule has 0 N–H and O–H groups in total. The highest BCUT2D eigenvalue weighted by Crippen LogP contribution is 2.42. The third-order valence-corrected chi connectivity index (χ3v) is 4.48. The Morgan fingerprint density at radius 1 is 1.04 bits per heavy atom. The van der Waals surface area contributed by atoms with Crippen LogP contribution in [0.15, 0.2) is 18.2 Å². The summed E-state index contributed by atoms with van der Waals surface area (Å²) < 4.78 is 78.6. The van der Waals surface area contributed by atoms with E-state index in [1.54, 1.807) is 0 Å². The third kappa shape index (κ3) is 4.06. The molecule has 0 radical (unpaired) electrons. The van der Waals surface area contributed by atoms with Crippen molar-refractivity contribution in [1.82, 2.24) is 4.90 Å². The zero-order valence-corrected chi connectivity index (χ0v) is 16.0. The summed E-state index contributed by atoms with van der Waals surface area (Å²) in [5, 5.41) is -0.349. The maximum Gasteiger partial charge on any atom is 0.471 e. The fourth-order valence-electron chi connectivity index (χ4n) is 3.16. The van der Waals surface area contributed by atoms with Crippen LogP contribution in [0.5, 0.6) is 0 Å². The molecule has 0 spiro atoms. The summed E-state index contributed by atoms with van der Waals surface area (Å²) in [7, 11) is 0. The maximum atomic E-state index is 13.1. The Kier molecular flexibility index (Phi) is 5.44. The lowest BCUT2D eigenvalue weighted by molar-refractivity contribution is -0.190. The van der Waals surface area contributed by atoms with E-state index in [0.29, 0.717) is 17.0 Å². The molecule has 1 aliphatic heterocycles. The van der Waals surface area contributed by atoms with Gasteiger partial charge in [-0.25, -0.2) is 0 Å². The number of carbonyl (C=O) groups excluding carboxylic acids is 2. The molecule has 0 bridgehead atoms. The maximum absolute atomic E-state index is 13.1. The number of benzene rings is 1. The van der Waals surface area contributed by atoms with Crippen molar-refractivity contribution in [2.75, 3.05) is 4.90 Å². The van der Waals surface area contributed by atoms with Crippen LogP contribution < -0.4 is 4.90 Å². The lowest BCUT2D eigenvalue weighted by atomic mass is 9.90. The minimum atomic E-state index is -5.25. The van der Waals surface area contributed by atoms with E-state index < -0.39 is 47.4 Å². The Bertz CT molecular complexity index is 800. The quantitative estimate of drug-likeness (QED) is 0.597. The molecule has 4 nitrogen and oxygen atoms in total. The molecule has 11 heteroatoms. The Hall–Kier alpha value is -1.97. The molecular weight excluding hydrogens is 414 g/mol. The molecular formula is C17H17ClF6N2O2. The van der Waals surface area contributed by atoms with E-state index in [0.717, 1.165) is 17.9 Å². The number of anilines is 1. The lowest BCUT2D eigenvalue weighted by Gasteiger charge is -2.40. The molecule has 1 saturated heterocycles. The van der Waals surface area contributed by atoms with Crippen LogP contribution in [0.3, 0.4) is 0 Å². The summed E-state index contributed by atoms with van der Waals surface area (Å²) in [5.41, 5.74) is -2.61. The van der Waals surface area contributed by atoms with Gasteiger partial charge in [0.1, 0.15) is 12.2 Å². The number of alkyl halides is 6. The van der Waals surface area contributed by atoms with Crippen molar-refractivity contribution in [2.24, 2.45) is 5.41 Å². The zero-order valence-electron chi connectivity index (χ0n) is 15.2. The van der Waals surface area contributed by atoms with Gasteiger partial charge in [0.25, 0.3) is 5.91 Å². The van der Waals surface area contributed by atoms with Gasteiger partial charge >= 0.3 is 18.3 Å². The molecule has 1 heterocycles. The van der Waals surface area contributed by atoms with Gasteiger partial charge in [-0.2, -0.15) is 26.3 Å². The average molecular weight is 431 g/mol. The highest BCUT2D eigenvalue weighted by Gasteiger charge is 2.57. The molecule has 2 atom stereocenters. The topological polar surface area (TPSA) is 40.6 Å². The van der Waals surface area contributed by atoms with Gasteiger partial charge in [-0.05, 0) is 25.1 Å². The van der Waals surface area contributed by atoms with Crippen molar-refractivity contribution in [2.45, 2.75) is 52.3 Å². The summed E-state index contributed by atoms with van der Waals surface area (Å²) in [4.78, 5) is 25.8. The number of carbonyl (C=O) groups is 2. The number of hydrogen-bond acceptors (Lipinski definition) is 2. The van der Waals surface area contributed by atoms with Crippen LogP contribution in [0, 0.1) is 5.41 Å². The van der Waals surface area contributed by atoms with E-state index in [1.165, 1.54) is 20.8 Å². The minimum absolute atomic E-state index is 0.339. The van der Waals surface area contributed by atoms with Gasteiger partial charge in [0, 0.05) is 16.1 Å². The fraction of sp³-hybridized carbons (Fsp3) is 0.529. The van der Waals surface area contributed by atoms with Crippen LogP contribution >= 0.6 is 11.6 Å². The molecule has 2 rings (SSSR count). The molecule has 0 unspecified atom stereocenters. The number of rotatable bonds is 1. The van der Waals surface area contributed by atoms with Crippen molar-refractivity contribution in [1.29, 1.82) is 0 Å². The molecule has 1 fully saturated rings. The molecule has 28 heavy (non-hydrogen) atoms. The second-order valence-electron chi connectivity index (χ2n) is 7.53. The van der Waals surface area contributed by atoms with E-state index in [9.17, 15) is 35.9 Å². The summed E-state index contributed by atoms with van der Waals surface area (Å²) in [5.74, 6) is -3.18. The Morgan fingerprint density at radius 2 is 1.57 bits per heavy atom. The largest absolute Gasteiger partial charge is 0.471 e. The average Bonchev–Trinajstić information content (AvgIpc) is 2.76. The number of halogens is 7. The predicted molar refractivity (Wildman–Crippen MR) is 89.5 cm³/mol. The van der Waals surface area contributed by atoms with E-state index in [1.807, 2.05) is 0 Å². The van der Waals surface area contributed by atoms with Gasteiger partial charge in [0.05, 0.1) is 5.56 Å². The van der Waals surface area contributed by atoms with Crippen LogP contribution in [-0.4, -0.2) is 35.1 Å². The summed E-state index contributed by atoms with van der Waals surface area (Å²) in [6.07, 6.45) is -11.5. The first-order valence-electron chi connectivity index (χ1n) is 8.06. The first-order chi connectivity index (χ1) is 12.5. The normalized spacial score (nSPS) is 21.5. The highest BCUT2D eigenvalue weighted by atomic mass is 35.5. The molecule has 2 amide bonds. The SMILES string of the molecule is C[C@@H]1C(=O)N(c2cc(Cl)cc(C(F)(F)F)c2)[C@H](C(C)(C)C)N1C(=O)C(F)(F)F. The molecule has 0 aromatic heterocycles. The Morgan fingerprint density at radius 3 is 2.00 bits per heavy atom. The second-order valence-corrected chi connectivity index (χ2v) is 7.97. The van der Waals surface area contributed by atoms with Gasteiger partial charge in [0.15, 0.2) is 0 Å². The number of nitrogens with zero attached hydrogens (tertiary/aromatic N) is 2. The van der Waals surface area contributed by atoms with Crippen LogP contribution in [-0.2, 0) is 15.8 Å². The van der Waals surface area contributed by atoms with Crippen molar-refractivity contribution >= 4 is 29.1 Å². The van der Waals surface area contributed by atoms with E-state index in [2.05, 4.69) is 0 Å². The fourth-order valence-corrected chi connectivity index (χ4v) is 3.39. The summed E-state index contributed by atoms with van der Waals surface area (Å²) >= 11 is 5.75. The summed E-state index contributed by atoms with van der Waals surface area (Å²) in [6.45, 7) is 5.52. The lowest BCUT2D eigenvalue weighted by Crippen LogP contribution is -2.55. The Balaban J connectivity index is 2.68. The zero-order chi connectivity index (χ0) is 21.8. The molecule has 156 valence electrons. The van der Waals surface area contributed by atoms with Crippen LogP contribution in [0.2, 0.25) is 5.02 Å². The second kappa shape index (κ2) is 6.82. The van der Waals surface area contributed by atoms with E-state index >= 15 is 0 Å². The molecule has 1 aliphatic rings. The predicted octanol–water partition coefficient (Wildman–Crippen LogP) is 4.86. The van der Waals surface area contributed by atoms with Crippen molar-refractivity contribution < 1.29 is 35.9 Å². The highest BCUT2D eigenvalue weighted by molar-refractivity contribution is 6.31. The van der Waals surface area contributed by atoms with Gasteiger partial charge in [-0.1, -0.05) is 32.4 Å². The van der Waals surface area contributed by atoms with Crippen LogP contribution in [0.4, 0.5) is 32.0 Å². The van der Waals surface area contributed by atoms with E-state index in [-0.39, 0.29) is 10.7 Å². The van der Waals surface area contributed by atoms with Crippen molar-refractivity contribution in [3.63, 3.8) is 0 Å². The molecule has 0 aliphatic carbocycles. The molecule has 1 aromatic rings. The van der Waals surface area contributed by atoms with Crippen molar-refractivity contribution in [3.8, 4) is 0 Å². The van der Waals surface area contributed by atoms with Gasteiger partial charge < -0.3 is 4.90 Å². The van der Waals surface area contributed by atoms with Crippen molar-refractivity contribution in [3.05, 3.63) is 28.8 Å². The van der Waals surface area contributed by atoms with E-state index in [4.69, 9.17) is 11.6 Å². The Labute approximate surface area is 162 Å². The summed E-state index contributed by atoms with van der Waals surface area (Å²) in [6, 6.07) is 0.782. The number of hydrogen-bond donors (Lipinski definition) is 0. The first kappa shape index (κ1) is 22.3. The monoisotopic (exact) mass is 430 g/mol. The molecule has 0 saturated carbocycles. The van der Waals surface area contributed by atoms with Gasteiger partial charge in [-0.3, -0.25) is 14.5 Å². The molecule has 1 aromatic carbocycles. The van der Waals surface area contributed by atoms with Crippen LogP contribution in [0.1, 0.15) is 33.3 Å². The number of amides is 2. The smallest absolute Gasteiger partial charge is 0.302 e. The van der Waals surface area contributed by atoms with Gasteiger partial charge in [0.2, 0.25) is 0 Å². The third-order valence-electron chi connectivity index (χ3n) is 4.26. The first-order valence-corrected chi connectivity index (χ1v) is 8.44. The standard InChI is InChI=1S/C17H17ClF6N2O2/c1-8-12(27)26(11-6-9(16(19,20)21)5-10(18)7-11)13(15(2,3)4)25(8)14(28)17(22,23)24/h5-8,13H,1-4H3/t8-,13-/m1/s1. The minimum Gasteiger partial charge on any atom is -0.302 e. The van der Waals surface area contributed by atoms with Gasteiger partial charge in [-0.15, -0.1) is 0 Å². The van der Waals surface area contributed by atoms with Crippen LogP contribution in [0.25, 0.3) is 0 Å².